The van der Waals surface area contributed by atoms with Crippen LogP contribution in [0.4, 0.5) is 0 Å². The molecule has 14 nitrogen and oxygen atoms in total. The number of rotatable bonds is 10. The Bertz CT molecular complexity index is 1410. The zero-order valence-electron chi connectivity index (χ0n) is 24.6. The molecule has 2 aromatic heterocycles. The summed E-state index contributed by atoms with van der Waals surface area (Å²) in [6.07, 6.45) is 3.14. The number of nitrogens with zero attached hydrogens (tertiary/aromatic N) is 4. The Labute approximate surface area is 248 Å². The van der Waals surface area contributed by atoms with E-state index in [9.17, 15) is 39.0 Å². The average molecular weight is 597 g/mol. The highest BCUT2D eigenvalue weighted by molar-refractivity contribution is 5.94. The number of aromatic nitrogens is 2. The minimum atomic E-state index is -1.51. The van der Waals surface area contributed by atoms with Gasteiger partial charge in [0.15, 0.2) is 0 Å². The van der Waals surface area contributed by atoms with Gasteiger partial charge in [0, 0.05) is 58.5 Å². The Morgan fingerprint density at radius 1 is 0.837 bits per heavy atom. The zero-order valence-corrected chi connectivity index (χ0v) is 24.6. The summed E-state index contributed by atoms with van der Waals surface area (Å²) >= 11 is 0. The maximum atomic E-state index is 13.3. The number of nitrogens with one attached hydrogen (secondary N) is 2. The number of likely N-dealkylation sites (tertiary alicyclic amines) is 2. The van der Waals surface area contributed by atoms with Gasteiger partial charge in [0.05, 0.1) is 30.1 Å². The lowest BCUT2D eigenvalue weighted by Crippen LogP contribution is -2.56. The van der Waals surface area contributed by atoms with Crippen molar-refractivity contribution in [1.29, 1.82) is 0 Å². The molecule has 14 heteroatoms. The van der Waals surface area contributed by atoms with Crippen LogP contribution in [0.2, 0.25) is 0 Å². The monoisotopic (exact) mass is 596 g/mol. The second-order valence-corrected chi connectivity index (χ2v) is 12.0. The van der Waals surface area contributed by atoms with Crippen molar-refractivity contribution in [2.24, 2.45) is 19.5 Å². The SMILES string of the molecule is Cn1cccc1C(=O)N[C@H]1C[C@@H](C(=O)[O-])N(C(=O)CC(C)(C)CC(=O)N2CC[C@H](NC(=O)c3cccn3C)[C@H]2C(=O)[O-])C1. The van der Waals surface area contributed by atoms with Crippen LogP contribution in [0.5, 0.6) is 0 Å². The average Bonchev–Trinajstić information content (AvgIpc) is 3.69. The number of carbonyl (C=O) groups excluding carboxylic acids is 6. The Hall–Kier alpha value is -4.62. The predicted octanol–water partition coefficient (Wildman–Crippen LogP) is -2.23. The minimum Gasteiger partial charge on any atom is -0.548 e. The lowest BCUT2D eigenvalue weighted by molar-refractivity contribution is -0.312. The number of carboxylic acids is 2. The molecule has 0 unspecified atom stereocenters. The molecule has 2 N–H and O–H groups in total. The summed E-state index contributed by atoms with van der Waals surface area (Å²) < 4.78 is 3.21. The van der Waals surface area contributed by atoms with E-state index in [1.807, 2.05) is 0 Å². The summed E-state index contributed by atoms with van der Waals surface area (Å²) in [6.45, 7) is 3.33. The summed E-state index contributed by atoms with van der Waals surface area (Å²) in [7, 11) is 3.38. The largest absolute Gasteiger partial charge is 0.548 e. The highest BCUT2D eigenvalue weighted by atomic mass is 16.4. The topological polar surface area (TPSA) is 189 Å². The fraction of sp³-hybridized carbons (Fsp3) is 0.517. The van der Waals surface area contributed by atoms with E-state index >= 15 is 0 Å². The van der Waals surface area contributed by atoms with Crippen LogP contribution in [-0.4, -0.2) is 91.8 Å². The van der Waals surface area contributed by atoms with E-state index in [1.54, 1.807) is 73.7 Å². The van der Waals surface area contributed by atoms with Crippen molar-refractivity contribution in [3.8, 4) is 0 Å². The van der Waals surface area contributed by atoms with Crippen LogP contribution >= 0.6 is 0 Å². The normalized spacial score (nSPS) is 22.0. The van der Waals surface area contributed by atoms with Gasteiger partial charge in [-0.3, -0.25) is 19.2 Å². The summed E-state index contributed by atoms with van der Waals surface area (Å²) in [4.78, 5) is 78.2. The van der Waals surface area contributed by atoms with Crippen molar-refractivity contribution in [3.05, 3.63) is 48.0 Å². The lowest BCUT2D eigenvalue weighted by atomic mass is 9.84. The third-order valence-corrected chi connectivity index (χ3v) is 8.12. The number of hydrogen-bond donors (Lipinski definition) is 2. The molecule has 4 rings (SSSR count). The highest BCUT2D eigenvalue weighted by Crippen LogP contribution is 2.31. The number of aryl methyl sites for hydroxylation is 2. The number of aliphatic carboxylic acids is 2. The quantitative estimate of drug-likeness (QED) is 0.308. The molecule has 4 amide bonds. The molecule has 2 saturated heterocycles. The molecule has 232 valence electrons. The molecule has 0 saturated carbocycles. The van der Waals surface area contributed by atoms with Gasteiger partial charge in [-0.15, -0.1) is 0 Å². The molecule has 2 fully saturated rings. The van der Waals surface area contributed by atoms with E-state index in [0.29, 0.717) is 11.4 Å². The van der Waals surface area contributed by atoms with Crippen molar-refractivity contribution in [3.63, 3.8) is 0 Å². The molecular formula is C29H36N6O8-2. The molecule has 0 radical (unpaired) electrons. The van der Waals surface area contributed by atoms with E-state index in [1.165, 1.54) is 0 Å². The van der Waals surface area contributed by atoms with Gasteiger partial charge in [-0.25, -0.2) is 0 Å². The summed E-state index contributed by atoms with van der Waals surface area (Å²) in [5.41, 5.74) is -0.261. The molecular weight excluding hydrogens is 560 g/mol. The third-order valence-electron chi connectivity index (χ3n) is 8.12. The first-order valence-electron chi connectivity index (χ1n) is 14.0. The van der Waals surface area contributed by atoms with Gasteiger partial charge in [-0.1, -0.05) is 13.8 Å². The molecule has 2 aliphatic rings. The van der Waals surface area contributed by atoms with E-state index in [-0.39, 0.29) is 38.8 Å². The second kappa shape index (κ2) is 12.3. The summed E-state index contributed by atoms with van der Waals surface area (Å²) in [5.74, 6) is -4.90. The fourth-order valence-corrected chi connectivity index (χ4v) is 5.93. The van der Waals surface area contributed by atoms with Crippen LogP contribution in [-0.2, 0) is 33.3 Å². The van der Waals surface area contributed by atoms with Crippen molar-refractivity contribution in [2.45, 2.75) is 63.7 Å². The lowest BCUT2D eigenvalue weighted by Gasteiger charge is -2.33. The molecule has 0 aromatic carbocycles. The van der Waals surface area contributed by atoms with Crippen LogP contribution in [0.3, 0.4) is 0 Å². The first kappa shape index (κ1) is 31.3. The van der Waals surface area contributed by atoms with Gasteiger partial charge in [-0.2, -0.15) is 0 Å². The molecule has 2 aromatic rings. The van der Waals surface area contributed by atoms with E-state index in [0.717, 1.165) is 9.80 Å². The van der Waals surface area contributed by atoms with Crippen LogP contribution < -0.4 is 20.8 Å². The molecule has 0 spiro atoms. The zero-order chi connectivity index (χ0) is 31.6. The first-order valence-corrected chi connectivity index (χ1v) is 14.0. The van der Waals surface area contributed by atoms with Crippen LogP contribution in [0.15, 0.2) is 36.7 Å². The van der Waals surface area contributed by atoms with Gasteiger partial charge in [0.25, 0.3) is 11.8 Å². The number of amides is 4. The Morgan fingerprint density at radius 3 is 1.86 bits per heavy atom. The number of carbonyl (C=O) groups is 6. The van der Waals surface area contributed by atoms with Gasteiger partial charge in [0.2, 0.25) is 11.8 Å². The van der Waals surface area contributed by atoms with E-state index in [4.69, 9.17) is 0 Å². The molecule has 4 atom stereocenters. The summed E-state index contributed by atoms with van der Waals surface area (Å²) in [5, 5.41) is 29.4. The predicted molar refractivity (Wildman–Crippen MR) is 147 cm³/mol. The maximum Gasteiger partial charge on any atom is 0.268 e. The molecule has 0 bridgehead atoms. The Balaban J connectivity index is 1.38. The van der Waals surface area contributed by atoms with Crippen molar-refractivity contribution in [2.75, 3.05) is 13.1 Å². The smallest absolute Gasteiger partial charge is 0.268 e. The van der Waals surface area contributed by atoms with Crippen molar-refractivity contribution in [1.82, 2.24) is 29.6 Å². The van der Waals surface area contributed by atoms with Crippen LogP contribution in [0.1, 0.15) is 60.5 Å². The maximum absolute atomic E-state index is 13.3. The van der Waals surface area contributed by atoms with Crippen LogP contribution in [0.25, 0.3) is 0 Å². The van der Waals surface area contributed by atoms with Gasteiger partial charge in [0.1, 0.15) is 11.4 Å². The standard InChI is InChI=1S/C29H38N6O8/c1-29(2,14-22(36)34-12-9-18(24(34)28(42)43)31-26(39)20-8-6-11-33(20)4)15-23(37)35-16-17(13-21(35)27(40)41)30-25(38)19-7-5-10-32(19)3/h5-8,10-11,17-18,21,24H,9,12-16H2,1-4H3,(H,30,38)(H,31,39)(H,40,41)(H,42,43)/p-2/t17-,18-,21-,24-/m0/s1. The number of carboxylic acid groups (broad SMARTS) is 2. The van der Waals surface area contributed by atoms with E-state index in [2.05, 4.69) is 10.6 Å². The molecule has 2 aliphatic heterocycles. The van der Waals surface area contributed by atoms with Gasteiger partial charge >= 0.3 is 0 Å². The van der Waals surface area contributed by atoms with Crippen LogP contribution in [0, 0.1) is 5.41 Å². The van der Waals surface area contributed by atoms with Gasteiger partial charge < -0.3 is 49.4 Å². The molecule has 4 heterocycles. The Morgan fingerprint density at radius 2 is 1.37 bits per heavy atom. The molecule has 43 heavy (non-hydrogen) atoms. The molecule has 0 aliphatic carbocycles. The van der Waals surface area contributed by atoms with Gasteiger partial charge in [-0.05, 0) is 42.5 Å². The third kappa shape index (κ3) is 6.89. The Kier molecular flexibility index (Phi) is 8.97. The second-order valence-electron chi connectivity index (χ2n) is 12.0. The minimum absolute atomic E-state index is 0.0273. The number of hydrogen-bond acceptors (Lipinski definition) is 8. The highest BCUT2D eigenvalue weighted by Gasteiger charge is 2.42. The van der Waals surface area contributed by atoms with Crippen molar-refractivity contribution >= 4 is 35.6 Å². The summed E-state index contributed by atoms with van der Waals surface area (Å²) in [6, 6.07) is 2.46. The van der Waals surface area contributed by atoms with Crippen molar-refractivity contribution < 1.29 is 39.0 Å². The first-order chi connectivity index (χ1) is 20.2. The van der Waals surface area contributed by atoms with E-state index < -0.39 is 65.1 Å². The fourth-order valence-electron chi connectivity index (χ4n) is 5.93.